The van der Waals surface area contributed by atoms with Crippen molar-refractivity contribution in [1.82, 2.24) is 20.9 Å². The fourth-order valence-corrected chi connectivity index (χ4v) is 4.16. The molecule has 0 spiro atoms. The number of nitrogens with one attached hydrogen (secondary N) is 3. The molecular formula is C26H32N4O4. The molecule has 1 heterocycles. The van der Waals surface area contributed by atoms with Crippen LogP contribution in [0.1, 0.15) is 36.5 Å². The summed E-state index contributed by atoms with van der Waals surface area (Å²) in [5.74, 6) is 2.19. The van der Waals surface area contributed by atoms with Gasteiger partial charge in [-0.15, -0.1) is 12.3 Å². The Kier molecular flexibility index (Phi) is 8.50. The molecule has 0 aromatic heterocycles. The van der Waals surface area contributed by atoms with Crippen LogP contribution in [0.15, 0.2) is 36.4 Å². The second-order valence-corrected chi connectivity index (χ2v) is 8.42. The molecule has 0 bridgehead atoms. The SMILES string of the molecule is C#CC[C@H](NC(=O)[C@H](C)NC)C(=O)N1CCC[C@H]1CNC(=O)c1cc2ccccc2cc1OC. The van der Waals surface area contributed by atoms with Gasteiger partial charge < -0.3 is 25.6 Å². The van der Waals surface area contributed by atoms with Crippen molar-refractivity contribution in [3.8, 4) is 18.1 Å². The first-order valence-corrected chi connectivity index (χ1v) is 11.5. The van der Waals surface area contributed by atoms with Crippen molar-refractivity contribution in [3.63, 3.8) is 0 Å². The molecule has 2 aromatic rings. The van der Waals surface area contributed by atoms with Crippen molar-refractivity contribution in [2.24, 2.45) is 0 Å². The topological polar surface area (TPSA) is 99.8 Å². The molecule has 1 aliphatic heterocycles. The van der Waals surface area contributed by atoms with Gasteiger partial charge in [-0.05, 0) is 49.7 Å². The maximum atomic E-state index is 13.2. The third-order valence-electron chi connectivity index (χ3n) is 6.23. The molecule has 34 heavy (non-hydrogen) atoms. The van der Waals surface area contributed by atoms with Gasteiger partial charge in [-0.1, -0.05) is 24.3 Å². The van der Waals surface area contributed by atoms with E-state index in [2.05, 4.69) is 21.9 Å². The van der Waals surface area contributed by atoms with Crippen LogP contribution in [0.5, 0.6) is 5.75 Å². The zero-order valence-electron chi connectivity index (χ0n) is 19.9. The minimum Gasteiger partial charge on any atom is -0.496 e. The van der Waals surface area contributed by atoms with Crippen LogP contribution in [0.4, 0.5) is 0 Å². The first-order valence-electron chi connectivity index (χ1n) is 11.5. The van der Waals surface area contributed by atoms with E-state index in [1.807, 2.05) is 36.4 Å². The van der Waals surface area contributed by atoms with E-state index in [0.717, 1.165) is 23.6 Å². The fourth-order valence-electron chi connectivity index (χ4n) is 4.16. The standard InChI is InChI=1S/C26H32N4O4/c1-5-9-22(29-24(31)17(2)27-3)26(33)30-13-8-12-20(30)16-28-25(32)21-14-18-10-6-7-11-19(18)15-23(21)34-4/h1,6-7,10-11,14-15,17,20,22,27H,8-9,12-13,16H2,2-4H3,(H,28,32)(H,29,31)/t17-,20-,22-/m0/s1. The van der Waals surface area contributed by atoms with Crippen LogP contribution in [-0.2, 0) is 9.59 Å². The molecule has 8 heteroatoms. The molecule has 2 aromatic carbocycles. The highest BCUT2D eigenvalue weighted by molar-refractivity contribution is 6.01. The molecule has 3 N–H and O–H groups in total. The Labute approximate surface area is 200 Å². The summed E-state index contributed by atoms with van der Waals surface area (Å²) in [6.07, 6.45) is 7.13. The van der Waals surface area contributed by atoms with Crippen molar-refractivity contribution in [3.05, 3.63) is 42.0 Å². The molecule has 1 saturated heterocycles. The summed E-state index contributed by atoms with van der Waals surface area (Å²) in [5, 5.41) is 10.5. The average Bonchev–Trinajstić information content (AvgIpc) is 3.33. The van der Waals surface area contributed by atoms with Gasteiger partial charge in [0.2, 0.25) is 11.8 Å². The lowest BCUT2D eigenvalue weighted by atomic mass is 10.0. The van der Waals surface area contributed by atoms with Crippen LogP contribution in [0, 0.1) is 12.3 Å². The molecular weight excluding hydrogens is 432 g/mol. The van der Waals surface area contributed by atoms with Crippen molar-refractivity contribution in [2.45, 2.75) is 44.3 Å². The minimum atomic E-state index is -0.801. The van der Waals surface area contributed by atoms with Crippen LogP contribution >= 0.6 is 0 Å². The number of carbonyl (C=O) groups excluding carboxylic acids is 3. The van der Waals surface area contributed by atoms with Gasteiger partial charge in [0, 0.05) is 25.6 Å². The predicted octanol–water partition coefficient (Wildman–Crippen LogP) is 1.69. The van der Waals surface area contributed by atoms with Gasteiger partial charge in [0.25, 0.3) is 5.91 Å². The van der Waals surface area contributed by atoms with Crippen molar-refractivity contribution >= 4 is 28.5 Å². The Morgan fingerprint density at radius 3 is 2.59 bits per heavy atom. The normalized spacial score (nSPS) is 17.0. The van der Waals surface area contributed by atoms with Gasteiger partial charge in [-0.2, -0.15) is 0 Å². The first kappa shape index (κ1) is 25.1. The number of hydrogen-bond donors (Lipinski definition) is 3. The quantitative estimate of drug-likeness (QED) is 0.491. The predicted molar refractivity (Wildman–Crippen MR) is 131 cm³/mol. The van der Waals surface area contributed by atoms with Crippen molar-refractivity contribution in [2.75, 3.05) is 27.2 Å². The zero-order chi connectivity index (χ0) is 24.7. The van der Waals surface area contributed by atoms with Gasteiger partial charge in [-0.3, -0.25) is 14.4 Å². The molecule has 8 nitrogen and oxygen atoms in total. The number of benzene rings is 2. The number of rotatable bonds is 9. The number of carbonyl (C=O) groups is 3. The molecule has 3 rings (SSSR count). The molecule has 1 aliphatic rings. The number of fused-ring (bicyclic) bond motifs is 1. The molecule has 3 amide bonds. The van der Waals surface area contributed by atoms with Gasteiger partial charge >= 0.3 is 0 Å². The molecule has 0 saturated carbocycles. The van der Waals surface area contributed by atoms with E-state index in [0.29, 0.717) is 24.4 Å². The Hall–Kier alpha value is -3.57. The van der Waals surface area contributed by atoms with E-state index < -0.39 is 12.1 Å². The third-order valence-corrected chi connectivity index (χ3v) is 6.23. The Balaban J connectivity index is 1.69. The fraction of sp³-hybridized carbons (Fsp3) is 0.423. The van der Waals surface area contributed by atoms with Gasteiger partial charge in [0.05, 0.1) is 18.7 Å². The maximum Gasteiger partial charge on any atom is 0.255 e. The summed E-state index contributed by atoms with van der Waals surface area (Å²) in [6, 6.07) is 9.98. The zero-order valence-corrected chi connectivity index (χ0v) is 19.9. The average molecular weight is 465 g/mol. The molecule has 0 aliphatic carbocycles. The lowest BCUT2D eigenvalue weighted by Crippen LogP contribution is -2.54. The summed E-state index contributed by atoms with van der Waals surface area (Å²) in [7, 11) is 3.21. The Morgan fingerprint density at radius 2 is 1.94 bits per heavy atom. The van der Waals surface area contributed by atoms with E-state index in [1.54, 1.807) is 18.9 Å². The van der Waals surface area contributed by atoms with Gasteiger partial charge in [0.15, 0.2) is 0 Å². The van der Waals surface area contributed by atoms with E-state index in [1.165, 1.54) is 7.11 Å². The number of ether oxygens (including phenoxy) is 1. The summed E-state index contributed by atoms with van der Waals surface area (Å²) in [4.78, 5) is 40.2. The highest BCUT2D eigenvalue weighted by atomic mass is 16.5. The highest BCUT2D eigenvalue weighted by Gasteiger charge is 2.34. The van der Waals surface area contributed by atoms with E-state index >= 15 is 0 Å². The molecule has 0 radical (unpaired) electrons. The molecule has 180 valence electrons. The second kappa shape index (κ2) is 11.5. The van der Waals surface area contributed by atoms with Crippen LogP contribution in [0.2, 0.25) is 0 Å². The van der Waals surface area contributed by atoms with Crippen LogP contribution < -0.4 is 20.7 Å². The molecule has 3 atom stereocenters. The Bertz CT molecular complexity index is 1090. The summed E-state index contributed by atoms with van der Waals surface area (Å²) < 4.78 is 5.44. The maximum absolute atomic E-state index is 13.2. The van der Waals surface area contributed by atoms with E-state index in [9.17, 15) is 14.4 Å². The number of terminal acetylenes is 1. The number of hydrogen-bond acceptors (Lipinski definition) is 5. The number of nitrogens with zero attached hydrogens (tertiary/aromatic N) is 1. The monoisotopic (exact) mass is 464 g/mol. The van der Waals surface area contributed by atoms with Crippen molar-refractivity contribution in [1.29, 1.82) is 0 Å². The minimum absolute atomic E-state index is 0.102. The number of likely N-dealkylation sites (N-methyl/N-ethyl adjacent to an activating group) is 1. The highest BCUT2D eigenvalue weighted by Crippen LogP contribution is 2.26. The summed E-state index contributed by atoms with van der Waals surface area (Å²) in [5.41, 5.74) is 0.440. The summed E-state index contributed by atoms with van der Waals surface area (Å²) in [6.45, 7) is 2.56. The van der Waals surface area contributed by atoms with Crippen molar-refractivity contribution < 1.29 is 19.1 Å². The van der Waals surface area contributed by atoms with E-state index in [-0.39, 0.29) is 30.2 Å². The lowest BCUT2D eigenvalue weighted by Gasteiger charge is -2.29. The largest absolute Gasteiger partial charge is 0.496 e. The first-order chi connectivity index (χ1) is 16.4. The number of amides is 3. The van der Waals surface area contributed by atoms with E-state index in [4.69, 9.17) is 11.2 Å². The number of likely N-dealkylation sites (tertiary alicyclic amines) is 1. The Morgan fingerprint density at radius 1 is 1.24 bits per heavy atom. The van der Waals surface area contributed by atoms with Crippen LogP contribution in [0.3, 0.4) is 0 Å². The lowest BCUT2D eigenvalue weighted by molar-refractivity contribution is -0.137. The second-order valence-electron chi connectivity index (χ2n) is 8.42. The van der Waals surface area contributed by atoms with Gasteiger partial charge in [-0.25, -0.2) is 0 Å². The van der Waals surface area contributed by atoms with Crippen LogP contribution in [0.25, 0.3) is 10.8 Å². The number of methoxy groups -OCH3 is 1. The van der Waals surface area contributed by atoms with Crippen LogP contribution in [-0.4, -0.2) is 68.0 Å². The third kappa shape index (κ3) is 5.67. The smallest absolute Gasteiger partial charge is 0.255 e. The molecule has 0 unspecified atom stereocenters. The summed E-state index contributed by atoms with van der Waals surface area (Å²) >= 11 is 0. The molecule has 1 fully saturated rings. The van der Waals surface area contributed by atoms with Gasteiger partial charge in [0.1, 0.15) is 11.8 Å².